The number of nitrogens with one attached hydrogen (secondary N) is 2. The zero-order valence-corrected chi connectivity index (χ0v) is 18.0. The Hall–Kier alpha value is -2.95. The molecule has 2 atom stereocenters. The van der Waals surface area contributed by atoms with Crippen LogP contribution >= 0.6 is 0 Å². The lowest BCUT2D eigenvalue weighted by molar-refractivity contribution is -0.137. The first-order chi connectivity index (χ1) is 15.1. The number of pyridine rings is 1. The molecule has 1 saturated heterocycles. The summed E-state index contributed by atoms with van der Waals surface area (Å²) in [6.07, 6.45) is -4.21. The molecule has 0 saturated carbocycles. The molecule has 1 fully saturated rings. The predicted octanol–water partition coefficient (Wildman–Crippen LogP) is 4.00. The van der Waals surface area contributed by atoms with E-state index in [1.54, 1.807) is 0 Å². The van der Waals surface area contributed by atoms with Gasteiger partial charge in [0, 0.05) is 25.7 Å². The largest absolute Gasteiger partial charge is 0.441 e. The van der Waals surface area contributed by atoms with E-state index in [1.165, 1.54) is 6.33 Å². The summed E-state index contributed by atoms with van der Waals surface area (Å²) in [6, 6.07) is 2.18. The highest BCUT2D eigenvalue weighted by molar-refractivity contribution is 5.88. The minimum absolute atomic E-state index is 0.0631. The van der Waals surface area contributed by atoms with Gasteiger partial charge in [0.05, 0.1) is 16.8 Å². The summed E-state index contributed by atoms with van der Waals surface area (Å²) in [4.78, 5) is 26.7. The average Bonchev–Trinajstić information content (AvgIpc) is 2.71. The highest BCUT2D eigenvalue weighted by Gasteiger charge is 2.36. The number of nitrogens with zero attached hydrogens (tertiary/aromatic N) is 4. The normalized spacial score (nSPS) is 21.2. The quantitative estimate of drug-likeness (QED) is 0.727. The number of hydrogen-bond donors (Lipinski definition) is 2. The van der Waals surface area contributed by atoms with E-state index in [9.17, 15) is 18.0 Å². The molecule has 2 N–H and O–H groups in total. The Kier molecular flexibility index (Phi) is 5.93. The number of carbonyl (C=O) groups excluding carboxylic acids is 1. The molecular weight excluding hydrogens is 425 g/mol. The molecular formula is C21H25F3N6O2. The summed E-state index contributed by atoms with van der Waals surface area (Å²) < 4.78 is 46.8. The van der Waals surface area contributed by atoms with Gasteiger partial charge in [-0.1, -0.05) is 13.8 Å². The number of rotatable bonds is 4. The molecule has 0 spiro atoms. The highest BCUT2D eigenvalue weighted by Crippen LogP contribution is 2.41. The average molecular weight is 450 g/mol. The Morgan fingerprint density at radius 2 is 2.06 bits per heavy atom. The van der Waals surface area contributed by atoms with Crippen molar-refractivity contribution in [1.82, 2.24) is 20.3 Å². The van der Waals surface area contributed by atoms with E-state index < -0.39 is 23.9 Å². The molecule has 2 aliphatic rings. The summed E-state index contributed by atoms with van der Waals surface area (Å²) in [5.74, 6) is 0.629. The Morgan fingerprint density at radius 1 is 1.28 bits per heavy atom. The lowest BCUT2D eigenvalue weighted by atomic mass is 9.96. The maximum atomic E-state index is 13.8. The van der Waals surface area contributed by atoms with Gasteiger partial charge in [-0.2, -0.15) is 13.2 Å². The van der Waals surface area contributed by atoms with E-state index in [1.807, 2.05) is 25.7 Å². The zero-order chi connectivity index (χ0) is 23.0. The third-order valence-electron chi connectivity index (χ3n) is 5.44. The van der Waals surface area contributed by atoms with E-state index >= 15 is 0 Å². The number of amides is 1. The molecule has 0 aliphatic carbocycles. The minimum atomic E-state index is -4.55. The van der Waals surface area contributed by atoms with Crippen LogP contribution in [0, 0.1) is 5.92 Å². The van der Waals surface area contributed by atoms with Crippen molar-refractivity contribution in [3.8, 4) is 11.4 Å². The molecule has 11 heteroatoms. The first kappa shape index (κ1) is 22.3. The van der Waals surface area contributed by atoms with Crippen molar-refractivity contribution in [3.05, 3.63) is 29.6 Å². The van der Waals surface area contributed by atoms with Crippen LogP contribution in [0.3, 0.4) is 0 Å². The number of piperazine rings is 1. The van der Waals surface area contributed by atoms with Crippen LogP contribution in [0.2, 0.25) is 0 Å². The van der Waals surface area contributed by atoms with Crippen LogP contribution in [0.5, 0.6) is 0 Å². The molecule has 2 aliphatic heterocycles. The molecule has 2 aromatic rings. The number of anilines is 2. The minimum Gasteiger partial charge on any atom is -0.441 e. The summed E-state index contributed by atoms with van der Waals surface area (Å²) >= 11 is 0. The number of fused-ring (bicyclic) bond motifs is 1. The first-order valence-corrected chi connectivity index (χ1v) is 10.5. The van der Waals surface area contributed by atoms with E-state index in [-0.39, 0.29) is 35.0 Å². The van der Waals surface area contributed by atoms with Gasteiger partial charge in [0.25, 0.3) is 0 Å². The third kappa shape index (κ3) is 4.62. The molecule has 8 nitrogen and oxygen atoms in total. The first-order valence-electron chi connectivity index (χ1n) is 10.5. The van der Waals surface area contributed by atoms with E-state index in [0.29, 0.717) is 31.6 Å². The molecule has 2 aromatic heterocycles. The summed E-state index contributed by atoms with van der Waals surface area (Å²) in [7, 11) is 0. The van der Waals surface area contributed by atoms with Crippen LogP contribution in [-0.2, 0) is 10.9 Å². The number of alkyl halides is 3. The van der Waals surface area contributed by atoms with Crippen molar-refractivity contribution in [2.45, 2.75) is 45.5 Å². The van der Waals surface area contributed by atoms with Crippen molar-refractivity contribution < 1.29 is 22.7 Å². The topological polar surface area (TPSA) is 92.3 Å². The molecule has 0 radical (unpaired) electrons. The highest BCUT2D eigenvalue weighted by atomic mass is 19.4. The SMILES string of the molecule is CC(C)CC1OC(=O)Nc2ncnc(-c3cc(C(F)(F)F)cc(N4CCN[C@@H](C)C4)n3)c21. The number of ether oxygens (including phenoxy) is 1. The number of carbonyl (C=O) groups is 1. The maximum absolute atomic E-state index is 13.8. The Bertz CT molecular complexity index is 1010. The third-order valence-corrected chi connectivity index (χ3v) is 5.44. The lowest BCUT2D eigenvalue weighted by Gasteiger charge is -2.33. The van der Waals surface area contributed by atoms with Crippen molar-refractivity contribution >= 4 is 17.7 Å². The van der Waals surface area contributed by atoms with Gasteiger partial charge in [-0.25, -0.2) is 19.7 Å². The van der Waals surface area contributed by atoms with Crippen LogP contribution in [0.4, 0.5) is 29.6 Å². The Balaban J connectivity index is 1.85. The van der Waals surface area contributed by atoms with Crippen molar-refractivity contribution in [2.24, 2.45) is 5.92 Å². The van der Waals surface area contributed by atoms with E-state index in [4.69, 9.17) is 4.74 Å². The lowest BCUT2D eigenvalue weighted by Crippen LogP contribution is -2.49. The summed E-state index contributed by atoms with van der Waals surface area (Å²) in [5.41, 5.74) is -0.0891. The van der Waals surface area contributed by atoms with Gasteiger partial charge in [-0.15, -0.1) is 0 Å². The van der Waals surface area contributed by atoms with Gasteiger partial charge < -0.3 is 15.0 Å². The second kappa shape index (κ2) is 8.53. The maximum Gasteiger partial charge on any atom is 0.416 e. The molecule has 1 unspecified atom stereocenters. The number of halogens is 3. The fourth-order valence-corrected chi connectivity index (χ4v) is 4.02. The smallest absolute Gasteiger partial charge is 0.416 e. The van der Waals surface area contributed by atoms with E-state index in [2.05, 4.69) is 25.6 Å². The van der Waals surface area contributed by atoms with E-state index in [0.717, 1.165) is 12.1 Å². The summed E-state index contributed by atoms with van der Waals surface area (Å²) in [5, 5.41) is 5.79. The number of cyclic esters (lactones) is 1. The molecule has 0 aromatic carbocycles. The van der Waals surface area contributed by atoms with Gasteiger partial charge in [0.15, 0.2) is 0 Å². The van der Waals surface area contributed by atoms with Gasteiger partial charge in [0.2, 0.25) is 0 Å². The zero-order valence-electron chi connectivity index (χ0n) is 18.0. The molecule has 32 heavy (non-hydrogen) atoms. The standard InChI is InChI=1S/C21H25F3N6O2/c1-11(2)6-15-17-18(26-10-27-19(17)29-20(31)32-15)14-7-13(21(22,23)24)8-16(28-14)30-5-4-25-12(3)9-30/h7-8,10-12,15,25H,4-6,9H2,1-3H3,(H,26,27,29,31)/t12-,15?/m0/s1. The second-order valence-corrected chi connectivity index (χ2v) is 8.53. The fourth-order valence-electron chi connectivity index (χ4n) is 4.02. The van der Waals surface area contributed by atoms with Crippen LogP contribution < -0.4 is 15.5 Å². The van der Waals surface area contributed by atoms with Gasteiger partial charge >= 0.3 is 12.3 Å². The van der Waals surface area contributed by atoms with Gasteiger partial charge in [-0.3, -0.25) is 5.32 Å². The van der Waals surface area contributed by atoms with Crippen molar-refractivity contribution in [1.29, 1.82) is 0 Å². The van der Waals surface area contributed by atoms with Crippen LogP contribution in [0.15, 0.2) is 18.5 Å². The van der Waals surface area contributed by atoms with Gasteiger partial charge in [-0.05, 0) is 31.4 Å². The molecule has 1 amide bonds. The van der Waals surface area contributed by atoms with Gasteiger partial charge in [0.1, 0.15) is 29.8 Å². The molecule has 172 valence electrons. The van der Waals surface area contributed by atoms with Crippen molar-refractivity contribution in [2.75, 3.05) is 29.9 Å². The predicted molar refractivity (Wildman–Crippen MR) is 112 cm³/mol. The van der Waals surface area contributed by atoms with Crippen molar-refractivity contribution in [3.63, 3.8) is 0 Å². The monoisotopic (exact) mass is 450 g/mol. The molecule has 4 heterocycles. The van der Waals surface area contributed by atoms with Crippen LogP contribution in [-0.4, -0.2) is 46.7 Å². The fraction of sp³-hybridized carbons (Fsp3) is 0.524. The molecule has 0 bridgehead atoms. The Morgan fingerprint density at radius 3 is 2.75 bits per heavy atom. The molecule has 4 rings (SSSR count). The summed E-state index contributed by atoms with van der Waals surface area (Å²) in [6.45, 7) is 7.61. The number of hydrogen-bond acceptors (Lipinski definition) is 7. The Labute approximate surface area is 183 Å². The van der Waals surface area contributed by atoms with Crippen LogP contribution in [0.25, 0.3) is 11.4 Å². The number of aromatic nitrogens is 3. The van der Waals surface area contributed by atoms with Crippen LogP contribution in [0.1, 0.15) is 44.4 Å². The second-order valence-electron chi connectivity index (χ2n) is 8.53.